The van der Waals surface area contributed by atoms with E-state index < -0.39 is 0 Å². The SMILES string of the molecule is CC1(C)OB(c2ccc3c(c2)C=CC(=O)C3)OC1(C)C. The first-order valence-corrected chi connectivity index (χ1v) is 6.98. The Morgan fingerprint density at radius 2 is 1.70 bits per heavy atom. The molecule has 1 aromatic rings. The molecule has 1 fully saturated rings. The van der Waals surface area contributed by atoms with Gasteiger partial charge in [-0.2, -0.15) is 0 Å². The summed E-state index contributed by atoms with van der Waals surface area (Å²) in [5, 5.41) is 0. The molecule has 1 aliphatic carbocycles. The largest absolute Gasteiger partial charge is 0.494 e. The van der Waals surface area contributed by atoms with Crippen LogP contribution in [0.15, 0.2) is 24.3 Å². The molecule has 0 N–H and O–H groups in total. The van der Waals surface area contributed by atoms with Crippen LogP contribution in [0.3, 0.4) is 0 Å². The zero-order valence-electron chi connectivity index (χ0n) is 12.4. The third-order valence-corrected chi connectivity index (χ3v) is 4.51. The number of rotatable bonds is 1. The number of fused-ring (bicyclic) bond motifs is 1. The Kier molecular flexibility index (Phi) is 2.92. The van der Waals surface area contributed by atoms with Crippen molar-refractivity contribution in [3.8, 4) is 0 Å². The van der Waals surface area contributed by atoms with Crippen LogP contribution in [0, 0.1) is 0 Å². The maximum atomic E-state index is 11.4. The molecule has 1 aromatic carbocycles. The van der Waals surface area contributed by atoms with Gasteiger partial charge in [-0.15, -0.1) is 0 Å². The van der Waals surface area contributed by atoms with E-state index in [1.54, 1.807) is 6.08 Å². The monoisotopic (exact) mass is 270 g/mol. The lowest BCUT2D eigenvalue weighted by Crippen LogP contribution is -2.41. The van der Waals surface area contributed by atoms with Crippen molar-refractivity contribution in [1.82, 2.24) is 0 Å². The van der Waals surface area contributed by atoms with E-state index in [2.05, 4.69) is 6.07 Å². The van der Waals surface area contributed by atoms with Crippen molar-refractivity contribution < 1.29 is 14.1 Å². The van der Waals surface area contributed by atoms with Gasteiger partial charge in [0.1, 0.15) is 0 Å². The molecule has 0 radical (unpaired) electrons. The average Bonchev–Trinajstić information content (AvgIpc) is 2.58. The highest BCUT2D eigenvalue weighted by Crippen LogP contribution is 2.36. The Morgan fingerprint density at radius 3 is 2.35 bits per heavy atom. The van der Waals surface area contributed by atoms with Gasteiger partial charge in [0, 0.05) is 6.42 Å². The highest BCUT2D eigenvalue weighted by atomic mass is 16.7. The molecule has 0 amide bonds. The minimum Gasteiger partial charge on any atom is -0.399 e. The highest BCUT2D eigenvalue weighted by Gasteiger charge is 2.51. The first-order valence-electron chi connectivity index (χ1n) is 6.98. The quantitative estimate of drug-likeness (QED) is 0.733. The van der Waals surface area contributed by atoms with Gasteiger partial charge in [-0.3, -0.25) is 4.79 Å². The molecule has 4 heteroatoms. The molecule has 0 aromatic heterocycles. The van der Waals surface area contributed by atoms with Gasteiger partial charge >= 0.3 is 7.12 Å². The standard InChI is InChI=1S/C16H19BO3/c1-15(2)16(3,4)20-17(19-15)13-7-5-12-10-14(18)8-6-11(12)9-13/h5-9H,10H2,1-4H3. The maximum absolute atomic E-state index is 11.4. The summed E-state index contributed by atoms with van der Waals surface area (Å²) in [5.74, 6) is 0.154. The van der Waals surface area contributed by atoms with E-state index in [1.807, 2.05) is 45.9 Å². The van der Waals surface area contributed by atoms with Crippen molar-refractivity contribution in [3.05, 3.63) is 35.4 Å². The minimum atomic E-state index is -0.351. The summed E-state index contributed by atoms with van der Waals surface area (Å²) in [5.41, 5.74) is 2.48. The normalized spacial score (nSPS) is 23.0. The number of hydrogen-bond acceptors (Lipinski definition) is 3. The molecule has 1 heterocycles. The molecule has 0 spiro atoms. The minimum absolute atomic E-state index is 0.154. The van der Waals surface area contributed by atoms with Crippen LogP contribution in [-0.2, 0) is 20.5 Å². The van der Waals surface area contributed by atoms with Crippen molar-refractivity contribution in [2.75, 3.05) is 0 Å². The van der Waals surface area contributed by atoms with Crippen molar-refractivity contribution in [1.29, 1.82) is 0 Å². The lowest BCUT2D eigenvalue weighted by Gasteiger charge is -2.32. The predicted molar refractivity (Wildman–Crippen MR) is 79.9 cm³/mol. The van der Waals surface area contributed by atoms with Crippen LogP contribution >= 0.6 is 0 Å². The Balaban J connectivity index is 1.91. The fourth-order valence-electron chi connectivity index (χ4n) is 2.48. The van der Waals surface area contributed by atoms with Gasteiger partial charge < -0.3 is 9.31 Å². The van der Waals surface area contributed by atoms with Gasteiger partial charge in [0.25, 0.3) is 0 Å². The van der Waals surface area contributed by atoms with Crippen LogP contribution in [0.1, 0.15) is 38.8 Å². The van der Waals surface area contributed by atoms with Crippen LogP contribution in [0.5, 0.6) is 0 Å². The predicted octanol–water partition coefficient (Wildman–Crippen LogP) is 2.12. The van der Waals surface area contributed by atoms with Crippen LogP contribution in [0.2, 0.25) is 0 Å². The van der Waals surface area contributed by atoms with Gasteiger partial charge in [-0.1, -0.05) is 24.3 Å². The first-order chi connectivity index (χ1) is 9.28. The summed E-state index contributed by atoms with van der Waals surface area (Å²) in [6, 6.07) is 6.05. The molecule has 2 aliphatic rings. The lowest BCUT2D eigenvalue weighted by atomic mass is 9.77. The molecule has 0 bridgehead atoms. The molecule has 3 rings (SSSR count). The second kappa shape index (κ2) is 4.30. The second-order valence-corrected chi connectivity index (χ2v) is 6.52. The summed E-state index contributed by atoms with van der Waals surface area (Å²) in [4.78, 5) is 11.4. The average molecular weight is 270 g/mol. The molecular formula is C16H19BO3. The second-order valence-electron chi connectivity index (χ2n) is 6.52. The van der Waals surface area contributed by atoms with Crippen molar-refractivity contribution in [2.24, 2.45) is 0 Å². The van der Waals surface area contributed by atoms with Gasteiger partial charge in [0.15, 0.2) is 5.78 Å². The Morgan fingerprint density at radius 1 is 1.05 bits per heavy atom. The summed E-state index contributed by atoms with van der Waals surface area (Å²) >= 11 is 0. The molecule has 20 heavy (non-hydrogen) atoms. The molecule has 0 atom stereocenters. The number of carbonyl (C=O) groups excluding carboxylic acids is 1. The van der Waals surface area contributed by atoms with E-state index in [0.29, 0.717) is 6.42 Å². The summed E-state index contributed by atoms with van der Waals surface area (Å²) in [7, 11) is -0.351. The Labute approximate surface area is 120 Å². The number of carbonyl (C=O) groups is 1. The van der Waals surface area contributed by atoms with Crippen LogP contribution in [0.25, 0.3) is 6.08 Å². The number of benzene rings is 1. The zero-order chi connectivity index (χ0) is 14.5. The van der Waals surface area contributed by atoms with E-state index in [9.17, 15) is 4.79 Å². The molecule has 104 valence electrons. The summed E-state index contributed by atoms with van der Waals surface area (Å²) < 4.78 is 12.1. The van der Waals surface area contributed by atoms with Crippen LogP contribution in [0.4, 0.5) is 0 Å². The van der Waals surface area contributed by atoms with Crippen LogP contribution in [-0.4, -0.2) is 24.1 Å². The lowest BCUT2D eigenvalue weighted by molar-refractivity contribution is -0.114. The van der Waals surface area contributed by atoms with E-state index in [4.69, 9.17) is 9.31 Å². The third kappa shape index (κ3) is 2.13. The fourth-order valence-corrected chi connectivity index (χ4v) is 2.48. The van der Waals surface area contributed by atoms with E-state index in [-0.39, 0.29) is 24.1 Å². The van der Waals surface area contributed by atoms with E-state index >= 15 is 0 Å². The Bertz CT molecular complexity index is 586. The van der Waals surface area contributed by atoms with Gasteiger partial charge in [-0.25, -0.2) is 0 Å². The molecule has 1 saturated heterocycles. The number of allylic oxidation sites excluding steroid dienone is 1. The third-order valence-electron chi connectivity index (χ3n) is 4.51. The molecule has 0 unspecified atom stereocenters. The molecule has 1 aliphatic heterocycles. The van der Waals surface area contributed by atoms with Crippen LogP contribution < -0.4 is 5.46 Å². The number of ketones is 1. The topological polar surface area (TPSA) is 35.5 Å². The fraction of sp³-hybridized carbons (Fsp3) is 0.438. The molecule has 3 nitrogen and oxygen atoms in total. The highest BCUT2D eigenvalue weighted by molar-refractivity contribution is 6.62. The first kappa shape index (κ1) is 13.6. The zero-order valence-corrected chi connectivity index (χ0v) is 12.4. The van der Waals surface area contributed by atoms with Gasteiger partial charge in [0.2, 0.25) is 0 Å². The summed E-state index contributed by atoms with van der Waals surface area (Å²) in [6.07, 6.45) is 3.99. The van der Waals surface area contributed by atoms with Gasteiger partial charge in [-0.05, 0) is 50.4 Å². The smallest absolute Gasteiger partial charge is 0.399 e. The molecular weight excluding hydrogens is 251 g/mol. The molecule has 0 saturated carbocycles. The van der Waals surface area contributed by atoms with E-state index in [1.165, 1.54) is 0 Å². The van der Waals surface area contributed by atoms with Crippen molar-refractivity contribution in [2.45, 2.75) is 45.3 Å². The van der Waals surface area contributed by atoms with E-state index in [0.717, 1.165) is 16.6 Å². The number of hydrogen-bond donors (Lipinski definition) is 0. The van der Waals surface area contributed by atoms with Gasteiger partial charge in [0.05, 0.1) is 11.2 Å². The maximum Gasteiger partial charge on any atom is 0.494 e. The van der Waals surface area contributed by atoms with Crippen molar-refractivity contribution >= 4 is 24.4 Å². The Hall–Kier alpha value is -1.39. The summed E-state index contributed by atoms with van der Waals surface area (Å²) in [6.45, 7) is 8.18. The van der Waals surface area contributed by atoms with Crippen molar-refractivity contribution in [3.63, 3.8) is 0 Å².